The van der Waals surface area contributed by atoms with Gasteiger partial charge < -0.3 is 5.32 Å². The lowest BCUT2D eigenvalue weighted by molar-refractivity contribution is -0.121. The van der Waals surface area contributed by atoms with Crippen LogP contribution >= 0.6 is 0 Å². The van der Waals surface area contributed by atoms with Crippen LogP contribution in [-0.4, -0.2) is 15.7 Å². The van der Waals surface area contributed by atoms with Gasteiger partial charge in [-0.1, -0.05) is 37.6 Å². The summed E-state index contributed by atoms with van der Waals surface area (Å²) >= 11 is 0. The van der Waals surface area contributed by atoms with Crippen molar-refractivity contribution in [2.75, 3.05) is 0 Å². The van der Waals surface area contributed by atoms with Crippen molar-refractivity contribution in [3.63, 3.8) is 0 Å². The van der Waals surface area contributed by atoms with E-state index in [4.69, 9.17) is 0 Å². The second kappa shape index (κ2) is 6.27. The van der Waals surface area contributed by atoms with E-state index in [-0.39, 0.29) is 17.4 Å². The number of rotatable bonds is 4. The van der Waals surface area contributed by atoms with Gasteiger partial charge >= 0.3 is 0 Å². The Bertz CT molecular complexity index is 756. The lowest BCUT2D eigenvalue weighted by atomic mass is 9.74. The van der Waals surface area contributed by atoms with Crippen LogP contribution < -0.4 is 5.32 Å². The number of benzene rings is 1. The molecule has 4 nitrogen and oxygen atoms in total. The summed E-state index contributed by atoms with van der Waals surface area (Å²) in [5.74, 6) is 0.0155. The zero-order valence-corrected chi connectivity index (χ0v) is 14.7. The van der Waals surface area contributed by atoms with Crippen molar-refractivity contribution in [2.24, 2.45) is 5.41 Å². The van der Waals surface area contributed by atoms with Crippen LogP contribution in [0.5, 0.6) is 0 Å². The van der Waals surface area contributed by atoms with E-state index in [0.717, 1.165) is 24.1 Å². The number of amides is 1. The molecule has 0 spiro atoms. The Labute approximate surface area is 143 Å². The Morgan fingerprint density at radius 3 is 2.79 bits per heavy atom. The molecule has 1 N–H and O–H groups in total. The highest BCUT2D eigenvalue weighted by Crippen LogP contribution is 2.41. The van der Waals surface area contributed by atoms with Crippen LogP contribution in [0, 0.1) is 12.3 Å². The van der Waals surface area contributed by atoms with E-state index in [1.165, 1.54) is 11.3 Å². The molecule has 0 aliphatic heterocycles. The Kier molecular flexibility index (Phi) is 4.31. The molecule has 2 aromatic rings. The van der Waals surface area contributed by atoms with Crippen LogP contribution in [0.3, 0.4) is 0 Å². The molecule has 0 radical (unpaired) electrons. The largest absolute Gasteiger partial charge is 0.349 e. The smallest absolute Gasteiger partial charge is 0.224 e. The topological polar surface area (TPSA) is 46.9 Å². The van der Waals surface area contributed by atoms with Crippen molar-refractivity contribution < 1.29 is 4.79 Å². The van der Waals surface area contributed by atoms with Gasteiger partial charge in [0.15, 0.2) is 0 Å². The minimum absolute atomic E-state index is 0.00963. The first-order valence-corrected chi connectivity index (χ1v) is 8.44. The number of hydrogen-bond donors (Lipinski definition) is 1. The van der Waals surface area contributed by atoms with Gasteiger partial charge in [-0.3, -0.25) is 4.79 Å². The van der Waals surface area contributed by atoms with E-state index in [2.05, 4.69) is 62.0 Å². The maximum atomic E-state index is 12.0. The number of aromatic nitrogens is 2. The number of nitrogens with zero attached hydrogens (tertiary/aromatic N) is 2. The molecule has 0 saturated carbocycles. The molecule has 126 valence electrons. The van der Waals surface area contributed by atoms with Gasteiger partial charge in [0.05, 0.1) is 23.6 Å². The molecular formula is C20H25N3O. The Morgan fingerprint density at radius 2 is 2.12 bits per heavy atom. The standard InChI is InChI=1S/C20H25N3O/c1-5-6-19(24)22-17-11-20(3,4)12-18-16(17)13-21-23(18)15-9-7-14(2)8-10-15/h5,7-10,13,17H,1,6,11-12H2,2-4H3,(H,22,24)/t17-/m1/s1. The molecule has 1 aliphatic rings. The van der Waals surface area contributed by atoms with Gasteiger partial charge in [-0.25, -0.2) is 4.68 Å². The van der Waals surface area contributed by atoms with E-state index in [0.29, 0.717) is 6.42 Å². The van der Waals surface area contributed by atoms with Gasteiger partial charge in [0.1, 0.15) is 0 Å². The predicted octanol–water partition coefficient (Wildman–Crippen LogP) is 3.89. The molecule has 1 aliphatic carbocycles. The van der Waals surface area contributed by atoms with Crippen LogP contribution in [0.15, 0.2) is 43.1 Å². The van der Waals surface area contributed by atoms with Crippen molar-refractivity contribution in [3.8, 4) is 5.69 Å². The highest BCUT2D eigenvalue weighted by atomic mass is 16.1. The third kappa shape index (κ3) is 3.28. The maximum absolute atomic E-state index is 12.0. The molecule has 3 rings (SSSR count). The molecule has 0 saturated heterocycles. The summed E-state index contributed by atoms with van der Waals surface area (Å²) in [5, 5.41) is 7.75. The summed E-state index contributed by atoms with van der Waals surface area (Å²) in [7, 11) is 0. The van der Waals surface area contributed by atoms with Gasteiger partial charge in [-0.2, -0.15) is 5.10 Å². The number of carbonyl (C=O) groups excluding carboxylic acids is 1. The number of nitrogens with one attached hydrogen (secondary N) is 1. The monoisotopic (exact) mass is 323 g/mol. The van der Waals surface area contributed by atoms with Crippen LogP contribution in [0.4, 0.5) is 0 Å². The minimum Gasteiger partial charge on any atom is -0.349 e. The van der Waals surface area contributed by atoms with E-state index >= 15 is 0 Å². The zero-order chi connectivity index (χ0) is 17.3. The van der Waals surface area contributed by atoms with Crippen molar-refractivity contribution in [1.82, 2.24) is 15.1 Å². The Morgan fingerprint density at radius 1 is 1.42 bits per heavy atom. The number of carbonyl (C=O) groups is 1. The van der Waals surface area contributed by atoms with Gasteiger partial charge in [0, 0.05) is 12.0 Å². The first-order valence-electron chi connectivity index (χ1n) is 8.44. The lowest BCUT2D eigenvalue weighted by Gasteiger charge is -2.36. The molecule has 4 heteroatoms. The van der Waals surface area contributed by atoms with Gasteiger partial charge in [0.25, 0.3) is 0 Å². The molecule has 24 heavy (non-hydrogen) atoms. The van der Waals surface area contributed by atoms with E-state index in [1.807, 2.05) is 10.9 Å². The van der Waals surface area contributed by atoms with Crippen molar-refractivity contribution in [1.29, 1.82) is 0 Å². The third-order valence-corrected chi connectivity index (χ3v) is 4.62. The fraction of sp³-hybridized carbons (Fsp3) is 0.400. The van der Waals surface area contributed by atoms with E-state index in [9.17, 15) is 4.79 Å². The molecule has 1 amide bonds. The summed E-state index contributed by atoms with van der Waals surface area (Å²) in [5.41, 5.74) is 4.73. The summed E-state index contributed by atoms with van der Waals surface area (Å²) in [6, 6.07) is 8.39. The highest BCUT2D eigenvalue weighted by Gasteiger charge is 2.35. The maximum Gasteiger partial charge on any atom is 0.224 e. The first kappa shape index (κ1) is 16.5. The van der Waals surface area contributed by atoms with Crippen LogP contribution in [-0.2, 0) is 11.2 Å². The molecular weight excluding hydrogens is 298 g/mol. The third-order valence-electron chi connectivity index (χ3n) is 4.62. The Hall–Kier alpha value is -2.36. The van der Waals surface area contributed by atoms with Crippen molar-refractivity contribution >= 4 is 5.91 Å². The molecule has 0 unspecified atom stereocenters. The predicted molar refractivity (Wildman–Crippen MR) is 96.1 cm³/mol. The molecule has 1 atom stereocenters. The normalized spacial score (nSPS) is 18.7. The molecule has 1 heterocycles. The summed E-state index contributed by atoms with van der Waals surface area (Å²) < 4.78 is 2.02. The number of aryl methyl sites for hydroxylation is 1. The van der Waals surface area contributed by atoms with Gasteiger partial charge in [-0.05, 0) is 37.3 Å². The SMILES string of the molecule is C=CCC(=O)N[C@@H]1CC(C)(C)Cc2c1cnn2-c1ccc(C)cc1. The summed E-state index contributed by atoms with van der Waals surface area (Å²) in [4.78, 5) is 12.0. The quantitative estimate of drug-likeness (QED) is 0.868. The summed E-state index contributed by atoms with van der Waals surface area (Å²) in [6.45, 7) is 10.2. The van der Waals surface area contributed by atoms with Crippen LogP contribution in [0.2, 0.25) is 0 Å². The van der Waals surface area contributed by atoms with Crippen molar-refractivity contribution in [2.45, 2.75) is 46.1 Å². The van der Waals surface area contributed by atoms with Crippen LogP contribution in [0.25, 0.3) is 5.69 Å². The average Bonchev–Trinajstić information content (AvgIpc) is 2.90. The second-order valence-electron chi connectivity index (χ2n) is 7.45. The van der Waals surface area contributed by atoms with Crippen molar-refractivity contribution in [3.05, 3.63) is 59.9 Å². The Balaban J connectivity index is 1.97. The molecule has 0 bridgehead atoms. The molecule has 1 aromatic carbocycles. The number of hydrogen-bond acceptors (Lipinski definition) is 2. The van der Waals surface area contributed by atoms with Crippen LogP contribution in [0.1, 0.15) is 49.6 Å². The average molecular weight is 323 g/mol. The van der Waals surface area contributed by atoms with E-state index < -0.39 is 0 Å². The summed E-state index contributed by atoms with van der Waals surface area (Å²) in [6.07, 6.45) is 5.76. The zero-order valence-electron chi connectivity index (χ0n) is 14.7. The highest BCUT2D eigenvalue weighted by molar-refractivity contribution is 5.78. The second-order valence-corrected chi connectivity index (χ2v) is 7.45. The minimum atomic E-state index is 0.00963. The van der Waals surface area contributed by atoms with E-state index in [1.54, 1.807) is 6.08 Å². The number of fused-ring (bicyclic) bond motifs is 1. The van der Waals surface area contributed by atoms with Gasteiger partial charge in [0.2, 0.25) is 5.91 Å². The fourth-order valence-electron chi connectivity index (χ4n) is 3.46. The van der Waals surface area contributed by atoms with Gasteiger partial charge in [-0.15, -0.1) is 6.58 Å². The molecule has 1 aromatic heterocycles. The molecule has 0 fully saturated rings. The fourth-order valence-corrected chi connectivity index (χ4v) is 3.46. The lowest BCUT2D eigenvalue weighted by Crippen LogP contribution is -2.36. The first-order chi connectivity index (χ1) is 11.4.